The molecule has 2 aromatic heterocycles. The van der Waals surface area contributed by atoms with Crippen molar-refractivity contribution in [2.24, 2.45) is 58.3 Å². The molecule has 74 heavy (non-hydrogen) atoms. The van der Waals surface area contributed by atoms with E-state index in [1.54, 1.807) is 19.4 Å². The van der Waals surface area contributed by atoms with Crippen LogP contribution in [0.2, 0.25) is 0 Å². The number of aliphatic carboxylic acids is 1. The molecular formula is C58H93F3N5O8+. The number of ether oxygens (including phenoxy) is 1. The number of rotatable bonds is 14. The Morgan fingerprint density at radius 3 is 2.03 bits per heavy atom. The number of aliphatic hydroxyl groups is 2. The lowest BCUT2D eigenvalue weighted by Crippen LogP contribution is -2.58. The zero-order chi connectivity index (χ0) is 57.2. The summed E-state index contributed by atoms with van der Waals surface area (Å²) in [7, 11) is 4.08. The number of carboxylic acid groups (broad SMARTS) is 1. The highest BCUT2D eigenvalue weighted by Gasteiger charge is 2.62. The van der Waals surface area contributed by atoms with Crippen LogP contribution >= 0.6 is 0 Å². The van der Waals surface area contributed by atoms with E-state index in [4.69, 9.17) is 30.9 Å². The second kappa shape index (κ2) is 28.9. The molecular weight excluding hydrogens is 952 g/mol. The fourth-order valence-corrected chi connectivity index (χ4v) is 12.9. The number of aromatic nitrogens is 4. The number of hydrogen-bond donors (Lipinski definition) is 4. The monoisotopic (exact) mass is 1040 g/mol. The van der Waals surface area contributed by atoms with Gasteiger partial charge in [0.2, 0.25) is 11.4 Å². The number of halogens is 3. The Balaban J connectivity index is 0.000000954. The molecule has 0 spiro atoms. The lowest BCUT2D eigenvalue weighted by Gasteiger charge is -2.66. The summed E-state index contributed by atoms with van der Waals surface area (Å²) < 4.78 is 40.6. The number of carbonyl (C=O) groups excluding carboxylic acids is 3. The highest BCUT2D eigenvalue weighted by Crippen LogP contribution is 2.70. The minimum Gasteiger partial charge on any atom is -0.481 e. The predicted octanol–water partition coefficient (Wildman–Crippen LogP) is 12.1. The van der Waals surface area contributed by atoms with E-state index in [-0.39, 0.29) is 17.8 Å². The second-order valence-corrected chi connectivity index (χ2v) is 22.4. The molecule has 8 atom stereocenters. The summed E-state index contributed by atoms with van der Waals surface area (Å²) in [5.74, 6) is 3.45. The van der Waals surface area contributed by atoms with Crippen LogP contribution in [0, 0.1) is 56.7 Å². The van der Waals surface area contributed by atoms with E-state index in [0.29, 0.717) is 53.8 Å². The number of allylic oxidation sites excluding steroid dienone is 2. The maximum atomic E-state index is 12.7. The van der Waals surface area contributed by atoms with Gasteiger partial charge in [-0.25, -0.2) is 0 Å². The third-order valence-corrected chi connectivity index (χ3v) is 17.0. The van der Waals surface area contributed by atoms with Gasteiger partial charge < -0.3 is 34.2 Å². The average Bonchev–Trinajstić information content (AvgIpc) is 3.72. The molecule has 418 valence electrons. The third-order valence-electron chi connectivity index (χ3n) is 17.0. The van der Waals surface area contributed by atoms with Crippen LogP contribution in [-0.4, -0.2) is 81.4 Å². The molecule has 0 aromatic carbocycles. The van der Waals surface area contributed by atoms with E-state index in [0.717, 1.165) is 68.1 Å². The van der Waals surface area contributed by atoms with Crippen LogP contribution in [0.15, 0.2) is 55.3 Å². The topological polar surface area (TPSA) is 197 Å². The summed E-state index contributed by atoms with van der Waals surface area (Å²) in [6.45, 7) is 32.9. The third kappa shape index (κ3) is 15.9. The highest BCUT2D eigenvalue weighted by molar-refractivity contribution is 5.84. The maximum absolute atomic E-state index is 12.7. The first-order valence-corrected chi connectivity index (χ1v) is 26.2. The van der Waals surface area contributed by atoms with Gasteiger partial charge in [-0.2, -0.15) is 4.57 Å². The molecule has 0 amide bonds. The van der Waals surface area contributed by atoms with Gasteiger partial charge in [-0.1, -0.05) is 92.9 Å². The Bertz CT molecular complexity index is 2210. The van der Waals surface area contributed by atoms with Crippen molar-refractivity contribution in [3.05, 3.63) is 66.8 Å². The fourth-order valence-electron chi connectivity index (χ4n) is 12.9. The van der Waals surface area contributed by atoms with Crippen molar-refractivity contribution >= 4 is 30.7 Å². The van der Waals surface area contributed by atoms with Crippen LogP contribution < -0.4 is 4.57 Å². The van der Waals surface area contributed by atoms with Crippen molar-refractivity contribution in [2.75, 3.05) is 14.2 Å². The first-order valence-electron chi connectivity index (χ1n) is 26.2. The molecule has 0 bridgehead atoms. The van der Waals surface area contributed by atoms with Crippen molar-refractivity contribution in [1.82, 2.24) is 14.8 Å². The lowest BCUT2D eigenvalue weighted by atomic mass is 9.38. The van der Waals surface area contributed by atoms with Crippen LogP contribution in [-0.2, 0) is 42.9 Å². The highest BCUT2D eigenvalue weighted by atomic mass is 19.4. The number of carboxylic acids is 1. The summed E-state index contributed by atoms with van der Waals surface area (Å²) in [5, 5.41) is 38.2. The molecule has 4 N–H and O–H groups in total. The summed E-state index contributed by atoms with van der Waals surface area (Å²) in [6, 6.07) is 4.27. The van der Waals surface area contributed by atoms with Gasteiger partial charge in [0, 0.05) is 70.3 Å². The standard InChI is InChI=1S/C44H67N4O2.C6H10O3.C4H4F3NO.C2H4.2CH4O/c1-11-41(7,28-50)48-27-32(15-17-36(48)30(4)5)40-46-45-38(47(40)10)26-44(24-25-49)23-20-35-34(39(44)31(6)29(2)3)16-18-37-42(8)21-13-12-14-33(42)19-22-43(35,37)9;1-6(2,4-7)3-5(8)9;1-2-3(8)9-4(5,6)7;3*1-2/h15,17,25,27-30,33-35,37H,11-14,16,18-24,26H2,1-10H3;4H,3H2,1-2H3,(H,8,9);2,8H,1H2;1-2H2;2*2H,1H3/q+1;;;;;/b39-31+;;;;;. The molecule has 4 fully saturated rings. The molecule has 4 aliphatic carbocycles. The van der Waals surface area contributed by atoms with E-state index >= 15 is 0 Å². The van der Waals surface area contributed by atoms with Crippen LogP contribution in [0.25, 0.3) is 11.4 Å². The van der Waals surface area contributed by atoms with Crippen molar-refractivity contribution in [3.8, 4) is 11.4 Å². The number of hydrogen-bond acceptors (Lipinski definition) is 10. The van der Waals surface area contributed by atoms with Gasteiger partial charge in [0.05, 0.1) is 12.0 Å². The van der Waals surface area contributed by atoms with E-state index in [1.807, 2.05) is 6.92 Å². The predicted molar refractivity (Wildman–Crippen MR) is 286 cm³/mol. The molecule has 16 heteroatoms. The van der Waals surface area contributed by atoms with Crippen molar-refractivity contribution in [3.63, 3.8) is 0 Å². The van der Waals surface area contributed by atoms with E-state index in [1.165, 1.54) is 69.6 Å². The van der Waals surface area contributed by atoms with E-state index in [9.17, 15) is 32.3 Å². The summed E-state index contributed by atoms with van der Waals surface area (Å²) in [5.41, 5.74) is 4.44. The fraction of sp³-hybridized carbons (Fsp3) is 0.690. The van der Waals surface area contributed by atoms with E-state index in [2.05, 4.69) is 114 Å². The van der Waals surface area contributed by atoms with Gasteiger partial charge in [0.15, 0.2) is 24.0 Å². The quantitative estimate of drug-likeness (QED) is 0.0464. The van der Waals surface area contributed by atoms with Crippen molar-refractivity contribution < 1.29 is 57.0 Å². The number of alkyl halides is 3. The Hall–Kier alpha value is -4.83. The second-order valence-electron chi connectivity index (χ2n) is 22.4. The van der Waals surface area contributed by atoms with Crippen molar-refractivity contribution in [2.45, 2.75) is 184 Å². The SMILES string of the molecule is C=C.C=CC(=N)OC(F)(F)F.CC(C)(C=O)CC(=O)O.CCC(C)(C=O)[n+]1cc(-c2nnc(CC3(CC=O)CCC4C(CCC5C6(C)CCCCC6CCC45C)/C3=C(/C)C(C)C)n2C)ccc1C(C)C.CO.CO. The van der Waals surface area contributed by atoms with Crippen LogP contribution in [0.5, 0.6) is 0 Å². The molecule has 4 aliphatic rings. The van der Waals surface area contributed by atoms with Crippen LogP contribution in [0.4, 0.5) is 13.2 Å². The zero-order valence-electron chi connectivity index (χ0n) is 47.3. The minimum absolute atomic E-state index is 0.101. The van der Waals surface area contributed by atoms with Gasteiger partial charge in [0.25, 0.3) is 0 Å². The zero-order valence-corrected chi connectivity index (χ0v) is 47.3. The lowest BCUT2D eigenvalue weighted by molar-refractivity contribution is -0.750. The number of aldehydes is 3. The maximum Gasteiger partial charge on any atom is 0.574 e. The van der Waals surface area contributed by atoms with Gasteiger partial charge in [-0.05, 0) is 111 Å². The Morgan fingerprint density at radius 2 is 1.55 bits per heavy atom. The van der Waals surface area contributed by atoms with Crippen LogP contribution in [0.3, 0.4) is 0 Å². The largest absolute Gasteiger partial charge is 0.574 e. The molecule has 13 nitrogen and oxygen atoms in total. The average molecular weight is 1050 g/mol. The normalized spacial score (nSPS) is 26.3. The minimum atomic E-state index is -4.77. The first-order chi connectivity index (χ1) is 34.6. The Labute approximate surface area is 441 Å². The van der Waals surface area contributed by atoms with Gasteiger partial charge >= 0.3 is 12.3 Å². The summed E-state index contributed by atoms with van der Waals surface area (Å²) in [6.07, 6.45) is 16.1. The summed E-state index contributed by atoms with van der Waals surface area (Å²) >= 11 is 0. The smallest absolute Gasteiger partial charge is 0.481 e. The molecule has 2 heterocycles. The molecule has 0 saturated heterocycles. The number of fused-ring (bicyclic) bond motifs is 5. The molecule has 2 aromatic rings. The van der Waals surface area contributed by atoms with Crippen molar-refractivity contribution in [1.29, 1.82) is 5.41 Å². The van der Waals surface area contributed by atoms with Gasteiger partial charge in [0.1, 0.15) is 18.4 Å². The number of pyridine rings is 1. The first kappa shape index (κ1) is 67.2. The molecule has 8 unspecified atom stereocenters. The summed E-state index contributed by atoms with van der Waals surface area (Å²) in [4.78, 5) is 45.3. The molecule has 6 rings (SSSR count). The number of nitrogens with zero attached hydrogens (tertiary/aromatic N) is 4. The van der Waals surface area contributed by atoms with Crippen LogP contribution in [0.1, 0.15) is 177 Å². The van der Waals surface area contributed by atoms with Gasteiger partial charge in [-0.15, -0.1) is 36.5 Å². The molecule has 0 radical (unpaired) electrons. The van der Waals surface area contributed by atoms with Gasteiger partial charge in [-0.3, -0.25) is 15.0 Å². The Kier molecular flexibility index (Phi) is 26.2. The number of aliphatic hydroxyl groups excluding tert-OH is 2. The Morgan fingerprint density at radius 1 is 0.932 bits per heavy atom. The van der Waals surface area contributed by atoms with E-state index < -0.39 is 29.2 Å². The molecule has 0 aliphatic heterocycles. The number of nitrogens with one attached hydrogen (secondary N) is 1. The number of carbonyl (C=O) groups is 4. The molecule has 4 saturated carbocycles.